The molecule has 1 aliphatic rings. The molecule has 6 nitrogen and oxygen atoms in total. The molecule has 0 unspecified atom stereocenters. The summed E-state index contributed by atoms with van der Waals surface area (Å²) in [4.78, 5) is 11.2. The lowest BCUT2D eigenvalue weighted by Gasteiger charge is -2.62. The van der Waals surface area contributed by atoms with Gasteiger partial charge in [0.15, 0.2) is 5.96 Å². The van der Waals surface area contributed by atoms with Gasteiger partial charge in [-0.15, -0.1) is 24.0 Å². The van der Waals surface area contributed by atoms with E-state index in [4.69, 9.17) is 16.1 Å². The zero-order valence-electron chi connectivity index (χ0n) is 16.4. The van der Waals surface area contributed by atoms with Crippen LogP contribution >= 0.6 is 35.6 Å². The van der Waals surface area contributed by atoms with Crippen molar-refractivity contribution in [2.75, 3.05) is 20.1 Å². The first-order valence-electron chi connectivity index (χ1n) is 8.81. The van der Waals surface area contributed by atoms with Gasteiger partial charge in [-0.05, 0) is 38.1 Å². The van der Waals surface area contributed by atoms with E-state index in [9.17, 15) is 0 Å². The Morgan fingerprint density at radius 3 is 2.48 bits per heavy atom. The van der Waals surface area contributed by atoms with Gasteiger partial charge in [0.25, 0.3) is 0 Å². The minimum absolute atomic E-state index is 0. The first kappa shape index (κ1) is 21.9. The molecule has 8 heteroatoms. The molecule has 1 aromatic carbocycles. The predicted octanol–water partition coefficient (Wildman–Crippen LogP) is 4.25. The molecule has 1 saturated heterocycles. The van der Waals surface area contributed by atoms with Crippen molar-refractivity contribution in [3.05, 3.63) is 35.2 Å². The van der Waals surface area contributed by atoms with Crippen LogP contribution in [0.25, 0.3) is 11.4 Å². The maximum absolute atomic E-state index is 5.91. The predicted molar refractivity (Wildman–Crippen MR) is 120 cm³/mol. The Morgan fingerprint density at radius 1 is 1.26 bits per heavy atom. The van der Waals surface area contributed by atoms with Crippen LogP contribution in [0.3, 0.4) is 0 Å². The maximum Gasteiger partial charge on any atom is 0.228 e. The van der Waals surface area contributed by atoms with E-state index in [-0.39, 0.29) is 34.9 Å². The standard InChI is InChI=1S/C19H26ClN5O.HI/c1-18(2)12-25(19(18,3)4)17(21-5)22-11-10-15-23-16(24-26-15)13-6-8-14(20)9-7-13;/h6-9H,10-12H2,1-5H3,(H,21,22);1H. The summed E-state index contributed by atoms with van der Waals surface area (Å²) >= 11 is 5.91. The molecule has 27 heavy (non-hydrogen) atoms. The molecule has 0 spiro atoms. The quantitative estimate of drug-likeness (QED) is 0.384. The molecule has 0 atom stereocenters. The van der Waals surface area contributed by atoms with Crippen LogP contribution in [-0.4, -0.2) is 46.7 Å². The van der Waals surface area contributed by atoms with Crippen LogP contribution in [0.5, 0.6) is 0 Å². The van der Waals surface area contributed by atoms with Crippen molar-refractivity contribution in [2.24, 2.45) is 10.4 Å². The molecular formula is C19H27ClIN5O. The number of halogens is 2. The highest BCUT2D eigenvalue weighted by molar-refractivity contribution is 14.0. The summed E-state index contributed by atoms with van der Waals surface area (Å²) in [6, 6.07) is 7.39. The molecule has 1 aromatic heterocycles. The van der Waals surface area contributed by atoms with Crippen LogP contribution < -0.4 is 5.32 Å². The number of aromatic nitrogens is 2. The average Bonchev–Trinajstić information content (AvgIpc) is 3.06. The molecule has 2 heterocycles. The van der Waals surface area contributed by atoms with Gasteiger partial charge in [-0.2, -0.15) is 4.98 Å². The monoisotopic (exact) mass is 503 g/mol. The van der Waals surface area contributed by atoms with Crippen molar-refractivity contribution in [3.8, 4) is 11.4 Å². The van der Waals surface area contributed by atoms with E-state index in [1.165, 1.54) is 0 Å². The summed E-state index contributed by atoms with van der Waals surface area (Å²) in [6.45, 7) is 10.7. The largest absolute Gasteiger partial charge is 0.356 e. The summed E-state index contributed by atoms with van der Waals surface area (Å²) < 4.78 is 5.35. The third-order valence-corrected chi connectivity index (χ3v) is 5.80. The van der Waals surface area contributed by atoms with Gasteiger partial charge in [0.2, 0.25) is 11.7 Å². The number of hydrogen-bond acceptors (Lipinski definition) is 4. The van der Waals surface area contributed by atoms with E-state index in [0.29, 0.717) is 29.7 Å². The minimum atomic E-state index is 0. The summed E-state index contributed by atoms with van der Waals surface area (Å²) in [6.07, 6.45) is 0.636. The van der Waals surface area contributed by atoms with Crippen molar-refractivity contribution in [2.45, 2.75) is 39.7 Å². The van der Waals surface area contributed by atoms with E-state index in [2.05, 4.69) is 53.0 Å². The van der Waals surface area contributed by atoms with Gasteiger partial charge >= 0.3 is 0 Å². The Morgan fingerprint density at radius 2 is 1.93 bits per heavy atom. The minimum Gasteiger partial charge on any atom is -0.356 e. The molecule has 0 aliphatic carbocycles. The number of rotatable bonds is 4. The highest BCUT2D eigenvalue weighted by Gasteiger charge is 2.53. The van der Waals surface area contributed by atoms with Gasteiger partial charge in [-0.1, -0.05) is 30.6 Å². The summed E-state index contributed by atoms with van der Waals surface area (Å²) in [7, 11) is 1.81. The SMILES string of the molecule is CN=C(NCCc1nc(-c2ccc(Cl)cc2)no1)N1CC(C)(C)C1(C)C.I. The highest BCUT2D eigenvalue weighted by atomic mass is 127. The molecular weight excluding hydrogens is 477 g/mol. The number of nitrogens with one attached hydrogen (secondary N) is 1. The summed E-state index contributed by atoms with van der Waals surface area (Å²) in [5.74, 6) is 2.08. The van der Waals surface area contributed by atoms with Crippen molar-refractivity contribution in [3.63, 3.8) is 0 Å². The fourth-order valence-corrected chi connectivity index (χ4v) is 3.18. The van der Waals surface area contributed by atoms with Crippen LogP contribution in [0.4, 0.5) is 0 Å². The van der Waals surface area contributed by atoms with Crippen molar-refractivity contribution in [1.82, 2.24) is 20.4 Å². The Kier molecular flexibility index (Phi) is 6.78. The first-order valence-corrected chi connectivity index (χ1v) is 9.19. The lowest BCUT2D eigenvalue weighted by molar-refractivity contribution is -0.0667. The normalized spacial score (nSPS) is 17.9. The second kappa shape index (κ2) is 8.34. The van der Waals surface area contributed by atoms with Gasteiger partial charge in [0, 0.05) is 48.1 Å². The lowest BCUT2D eigenvalue weighted by atomic mass is 9.65. The second-order valence-electron chi connectivity index (χ2n) is 7.77. The Bertz CT molecular complexity index is 801. The van der Waals surface area contributed by atoms with Crippen molar-refractivity contribution >= 4 is 41.5 Å². The molecule has 0 radical (unpaired) electrons. The Hall–Kier alpha value is -1.35. The lowest BCUT2D eigenvalue weighted by Crippen LogP contribution is -2.72. The van der Waals surface area contributed by atoms with Crippen LogP contribution in [0.15, 0.2) is 33.8 Å². The second-order valence-corrected chi connectivity index (χ2v) is 8.21. The van der Waals surface area contributed by atoms with Crippen molar-refractivity contribution < 1.29 is 4.52 Å². The Labute approximate surface area is 182 Å². The first-order chi connectivity index (χ1) is 12.2. The molecule has 0 bridgehead atoms. The topological polar surface area (TPSA) is 66.5 Å². The summed E-state index contributed by atoms with van der Waals surface area (Å²) in [5, 5.41) is 8.13. The molecule has 148 valence electrons. The third kappa shape index (κ3) is 4.39. The molecule has 1 N–H and O–H groups in total. The summed E-state index contributed by atoms with van der Waals surface area (Å²) in [5.41, 5.74) is 1.23. The molecule has 3 rings (SSSR count). The van der Waals surface area contributed by atoms with Crippen LogP contribution in [0.2, 0.25) is 5.02 Å². The van der Waals surface area contributed by atoms with Crippen LogP contribution in [-0.2, 0) is 6.42 Å². The van der Waals surface area contributed by atoms with Gasteiger partial charge in [-0.25, -0.2) is 0 Å². The maximum atomic E-state index is 5.91. The van der Waals surface area contributed by atoms with E-state index in [1.54, 1.807) is 0 Å². The number of guanidine groups is 1. The van der Waals surface area contributed by atoms with E-state index < -0.39 is 0 Å². The van der Waals surface area contributed by atoms with Crippen LogP contribution in [0, 0.1) is 5.41 Å². The highest BCUT2D eigenvalue weighted by Crippen LogP contribution is 2.46. The van der Waals surface area contributed by atoms with Gasteiger partial charge in [0.05, 0.1) is 0 Å². The third-order valence-electron chi connectivity index (χ3n) is 5.54. The zero-order chi connectivity index (χ0) is 18.9. The smallest absolute Gasteiger partial charge is 0.228 e. The Balaban J connectivity index is 0.00000261. The number of likely N-dealkylation sites (tertiary alicyclic amines) is 1. The number of benzene rings is 1. The molecule has 2 aromatic rings. The average molecular weight is 504 g/mol. The molecule has 1 fully saturated rings. The molecule has 1 aliphatic heterocycles. The van der Waals surface area contributed by atoms with Crippen molar-refractivity contribution in [1.29, 1.82) is 0 Å². The van der Waals surface area contributed by atoms with E-state index >= 15 is 0 Å². The van der Waals surface area contributed by atoms with Gasteiger partial charge in [-0.3, -0.25) is 4.99 Å². The van der Waals surface area contributed by atoms with Gasteiger partial charge in [0.1, 0.15) is 0 Å². The van der Waals surface area contributed by atoms with E-state index in [0.717, 1.165) is 18.1 Å². The number of hydrogen-bond donors (Lipinski definition) is 1. The fraction of sp³-hybridized carbons (Fsp3) is 0.526. The number of aliphatic imine (C=N–C) groups is 1. The fourth-order valence-electron chi connectivity index (χ4n) is 3.05. The number of nitrogens with zero attached hydrogens (tertiary/aromatic N) is 4. The molecule has 0 saturated carbocycles. The zero-order valence-corrected chi connectivity index (χ0v) is 19.5. The van der Waals surface area contributed by atoms with E-state index in [1.807, 2.05) is 31.3 Å². The van der Waals surface area contributed by atoms with Gasteiger partial charge < -0.3 is 14.7 Å². The molecule has 0 amide bonds. The van der Waals surface area contributed by atoms with Crippen LogP contribution in [0.1, 0.15) is 33.6 Å².